The van der Waals surface area contributed by atoms with Gasteiger partial charge in [0, 0.05) is 0 Å². The summed E-state index contributed by atoms with van der Waals surface area (Å²) < 4.78 is 5.94. The molecule has 0 N–H and O–H groups in total. The zero-order valence-corrected chi connectivity index (χ0v) is 12.1. The number of hydrogen-bond donors (Lipinski definition) is 0. The molecule has 0 saturated heterocycles. The minimum Gasteiger partial charge on any atom is -0.418 e. The van der Waals surface area contributed by atoms with Crippen molar-refractivity contribution in [2.24, 2.45) is 0 Å². The summed E-state index contributed by atoms with van der Waals surface area (Å²) in [5.74, 6) is 0. The first-order valence-corrected chi connectivity index (χ1v) is 6.71. The van der Waals surface area contributed by atoms with Crippen LogP contribution in [0.2, 0.25) is 0 Å². The molecule has 0 aromatic heterocycles. The van der Waals surface area contributed by atoms with Gasteiger partial charge >= 0.3 is 0 Å². The maximum Gasteiger partial charge on any atom is 0.147 e. The molecule has 1 rings (SSSR count). The summed E-state index contributed by atoms with van der Waals surface area (Å²) >= 11 is 0. The van der Waals surface area contributed by atoms with E-state index >= 15 is 0 Å². The molecular formula is C13H22OSi. The van der Waals surface area contributed by atoms with Crippen molar-refractivity contribution in [1.29, 1.82) is 0 Å². The number of benzene rings is 1. The van der Waals surface area contributed by atoms with E-state index in [1.807, 2.05) is 0 Å². The smallest absolute Gasteiger partial charge is 0.147 e. The molecule has 0 fully saturated rings. The summed E-state index contributed by atoms with van der Waals surface area (Å²) in [4.78, 5) is 0. The third-order valence-corrected chi connectivity index (χ3v) is 3.78. The molecule has 1 nitrogen and oxygen atoms in total. The fraction of sp³-hybridized carbons (Fsp3) is 0.538. The third-order valence-electron chi connectivity index (χ3n) is 3.00. The van der Waals surface area contributed by atoms with Crippen molar-refractivity contribution in [3.05, 3.63) is 35.9 Å². The Morgan fingerprint density at radius 1 is 1.07 bits per heavy atom. The van der Waals surface area contributed by atoms with Gasteiger partial charge in [-0.2, -0.15) is 0 Å². The quantitative estimate of drug-likeness (QED) is 0.673. The van der Waals surface area contributed by atoms with Gasteiger partial charge in [-0.15, -0.1) is 0 Å². The molecule has 1 aromatic carbocycles. The maximum atomic E-state index is 5.94. The normalized spacial score (nSPS) is 11.9. The second-order valence-electron chi connectivity index (χ2n) is 4.06. The molecule has 0 heterocycles. The highest BCUT2D eigenvalue weighted by Gasteiger charge is 2.28. The van der Waals surface area contributed by atoms with Gasteiger partial charge in [-0.3, -0.25) is 0 Å². The summed E-state index contributed by atoms with van der Waals surface area (Å²) in [7, 11) is 0.809. The molecule has 0 aliphatic heterocycles. The van der Waals surface area contributed by atoms with Gasteiger partial charge in [0.1, 0.15) is 10.5 Å². The Morgan fingerprint density at radius 3 is 2.00 bits per heavy atom. The average molecular weight is 222 g/mol. The third kappa shape index (κ3) is 2.92. The minimum atomic E-state index is -0.00299. The molecule has 0 aliphatic carbocycles. The van der Waals surface area contributed by atoms with E-state index in [-0.39, 0.29) is 5.60 Å². The van der Waals surface area contributed by atoms with E-state index in [1.54, 1.807) is 0 Å². The van der Waals surface area contributed by atoms with Crippen molar-refractivity contribution < 1.29 is 4.43 Å². The van der Waals surface area contributed by atoms with Gasteiger partial charge in [0.05, 0.1) is 5.60 Å². The fourth-order valence-electron chi connectivity index (χ4n) is 2.29. The highest BCUT2D eigenvalue weighted by atomic mass is 28.2. The first kappa shape index (κ1) is 12.5. The van der Waals surface area contributed by atoms with Gasteiger partial charge in [-0.25, -0.2) is 0 Å². The second-order valence-corrected chi connectivity index (χ2v) is 4.47. The van der Waals surface area contributed by atoms with Gasteiger partial charge in [0.2, 0.25) is 0 Å². The molecule has 0 aliphatic rings. The molecule has 0 spiro atoms. The second kappa shape index (κ2) is 6.08. The Bertz CT molecular complexity index is 265. The monoisotopic (exact) mass is 222 g/mol. The predicted molar refractivity (Wildman–Crippen MR) is 69.0 cm³/mol. The SMILES string of the molecule is CCCC(CCC)(O[SiH3])c1ccccc1. The summed E-state index contributed by atoms with van der Waals surface area (Å²) in [6.45, 7) is 4.46. The lowest BCUT2D eigenvalue weighted by Crippen LogP contribution is -2.28. The maximum absolute atomic E-state index is 5.94. The minimum absolute atomic E-state index is 0.00299. The first-order chi connectivity index (χ1) is 7.29. The molecule has 1 aromatic rings. The van der Waals surface area contributed by atoms with Crippen LogP contribution in [0.1, 0.15) is 45.1 Å². The van der Waals surface area contributed by atoms with Crippen LogP contribution in [-0.4, -0.2) is 10.5 Å². The molecule has 0 saturated carbocycles. The predicted octanol–water partition coefficient (Wildman–Crippen LogP) is 2.78. The van der Waals surface area contributed by atoms with Crippen LogP contribution in [0.15, 0.2) is 30.3 Å². The van der Waals surface area contributed by atoms with Crippen molar-refractivity contribution in [3.63, 3.8) is 0 Å². The van der Waals surface area contributed by atoms with Crippen molar-refractivity contribution in [1.82, 2.24) is 0 Å². The van der Waals surface area contributed by atoms with Crippen LogP contribution in [-0.2, 0) is 10.0 Å². The molecule has 0 bridgehead atoms. The lowest BCUT2D eigenvalue weighted by Gasteiger charge is -2.33. The van der Waals surface area contributed by atoms with E-state index in [4.69, 9.17) is 4.43 Å². The largest absolute Gasteiger partial charge is 0.418 e. The Kier molecular flexibility index (Phi) is 5.06. The average Bonchev–Trinajstić information content (AvgIpc) is 2.30. The Balaban J connectivity index is 2.97. The number of hydrogen-bond acceptors (Lipinski definition) is 1. The lowest BCUT2D eigenvalue weighted by atomic mass is 9.85. The molecule has 84 valence electrons. The van der Waals surface area contributed by atoms with Crippen LogP contribution in [0.4, 0.5) is 0 Å². The Morgan fingerprint density at radius 2 is 1.60 bits per heavy atom. The zero-order valence-electron chi connectivity index (χ0n) is 10.1. The molecule has 0 atom stereocenters. The summed E-state index contributed by atoms with van der Waals surface area (Å²) in [5.41, 5.74) is 1.35. The van der Waals surface area contributed by atoms with E-state index in [0.717, 1.165) is 23.3 Å². The van der Waals surface area contributed by atoms with E-state index in [2.05, 4.69) is 44.2 Å². The van der Waals surface area contributed by atoms with Gasteiger partial charge < -0.3 is 4.43 Å². The van der Waals surface area contributed by atoms with E-state index in [0.29, 0.717) is 0 Å². The van der Waals surface area contributed by atoms with Crippen LogP contribution in [0.3, 0.4) is 0 Å². The van der Waals surface area contributed by atoms with Crippen LogP contribution >= 0.6 is 0 Å². The lowest BCUT2D eigenvalue weighted by molar-refractivity contribution is 0.0555. The van der Waals surface area contributed by atoms with Crippen molar-refractivity contribution in [2.45, 2.75) is 45.1 Å². The van der Waals surface area contributed by atoms with Crippen molar-refractivity contribution in [3.8, 4) is 0 Å². The molecule has 0 amide bonds. The van der Waals surface area contributed by atoms with Gasteiger partial charge in [0.25, 0.3) is 0 Å². The highest BCUT2D eigenvalue weighted by molar-refractivity contribution is 5.98. The Labute approximate surface area is 96.4 Å². The molecule has 15 heavy (non-hydrogen) atoms. The fourth-order valence-corrected chi connectivity index (χ4v) is 2.93. The van der Waals surface area contributed by atoms with E-state index in [9.17, 15) is 0 Å². The van der Waals surface area contributed by atoms with E-state index < -0.39 is 0 Å². The van der Waals surface area contributed by atoms with Crippen molar-refractivity contribution in [2.75, 3.05) is 0 Å². The summed E-state index contributed by atoms with van der Waals surface area (Å²) in [6, 6.07) is 10.7. The number of rotatable bonds is 6. The van der Waals surface area contributed by atoms with Crippen LogP contribution in [0.5, 0.6) is 0 Å². The standard InChI is InChI=1S/C13H22OSi/c1-3-10-13(14-15,11-4-2)12-8-6-5-7-9-12/h5-9H,3-4,10-11H2,1-2,15H3. The first-order valence-electron chi connectivity index (χ1n) is 5.89. The van der Waals surface area contributed by atoms with Gasteiger partial charge in [-0.1, -0.05) is 57.0 Å². The Hall–Kier alpha value is -0.603. The molecule has 2 heteroatoms. The zero-order chi connectivity index (χ0) is 11.1. The van der Waals surface area contributed by atoms with Gasteiger partial charge in [0.15, 0.2) is 0 Å². The van der Waals surface area contributed by atoms with E-state index in [1.165, 1.54) is 18.4 Å². The van der Waals surface area contributed by atoms with Gasteiger partial charge in [-0.05, 0) is 18.4 Å². The van der Waals surface area contributed by atoms with Crippen LogP contribution in [0, 0.1) is 0 Å². The summed E-state index contributed by atoms with van der Waals surface area (Å²) in [6.07, 6.45) is 4.62. The van der Waals surface area contributed by atoms with Crippen molar-refractivity contribution >= 4 is 10.5 Å². The molecule has 0 radical (unpaired) electrons. The summed E-state index contributed by atoms with van der Waals surface area (Å²) in [5, 5.41) is 0. The topological polar surface area (TPSA) is 9.23 Å². The van der Waals surface area contributed by atoms with Crippen LogP contribution in [0.25, 0.3) is 0 Å². The highest BCUT2D eigenvalue weighted by Crippen LogP contribution is 2.34. The molecular weight excluding hydrogens is 200 g/mol. The molecule has 0 unspecified atom stereocenters. The van der Waals surface area contributed by atoms with Crippen LogP contribution < -0.4 is 0 Å².